The van der Waals surface area contributed by atoms with Gasteiger partial charge in [0.25, 0.3) is 5.91 Å². The Bertz CT molecular complexity index is 931. The Morgan fingerprint density at radius 1 is 1.19 bits per heavy atom. The molecule has 0 bridgehead atoms. The van der Waals surface area contributed by atoms with Crippen LogP contribution in [-0.2, 0) is 6.54 Å². The molecule has 5 nitrogen and oxygen atoms in total. The first kappa shape index (κ1) is 18.9. The lowest BCUT2D eigenvalue weighted by Gasteiger charge is -2.18. The van der Waals surface area contributed by atoms with Gasteiger partial charge in [0.2, 0.25) is 0 Å². The van der Waals surface area contributed by atoms with E-state index in [2.05, 4.69) is 4.98 Å². The van der Waals surface area contributed by atoms with Crippen molar-refractivity contribution in [3.8, 4) is 11.1 Å². The number of rotatable bonds is 6. The first-order valence-corrected chi connectivity index (χ1v) is 9.07. The van der Waals surface area contributed by atoms with Gasteiger partial charge in [0.15, 0.2) is 0 Å². The molecule has 0 aliphatic carbocycles. The van der Waals surface area contributed by atoms with Gasteiger partial charge in [0.05, 0.1) is 6.10 Å². The highest BCUT2D eigenvalue weighted by atomic mass is 16.3. The van der Waals surface area contributed by atoms with Crippen LogP contribution >= 0.6 is 0 Å². The molecule has 0 radical (unpaired) electrons. The first-order valence-electron chi connectivity index (χ1n) is 9.07. The number of aliphatic hydroxyl groups is 1. The average molecular weight is 363 g/mol. The predicted molar refractivity (Wildman–Crippen MR) is 106 cm³/mol. The van der Waals surface area contributed by atoms with Crippen LogP contribution < -0.4 is 0 Å². The van der Waals surface area contributed by atoms with E-state index in [0.29, 0.717) is 18.7 Å². The van der Waals surface area contributed by atoms with Crippen molar-refractivity contribution < 1.29 is 9.90 Å². The van der Waals surface area contributed by atoms with Crippen LogP contribution in [0, 0.1) is 6.92 Å². The van der Waals surface area contributed by atoms with E-state index in [1.807, 2.05) is 73.3 Å². The van der Waals surface area contributed by atoms with Gasteiger partial charge in [0, 0.05) is 38.1 Å². The molecule has 0 fully saturated rings. The van der Waals surface area contributed by atoms with Gasteiger partial charge in [-0.1, -0.05) is 30.3 Å². The fourth-order valence-electron chi connectivity index (χ4n) is 3.03. The normalized spacial score (nSPS) is 12.0. The van der Waals surface area contributed by atoms with Crippen LogP contribution in [-0.4, -0.2) is 39.1 Å². The highest BCUT2D eigenvalue weighted by molar-refractivity contribution is 5.95. The van der Waals surface area contributed by atoms with Gasteiger partial charge in [-0.2, -0.15) is 0 Å². The number of hydrogen-bond acceptors (Lipinski definition) is 3. The molecule has 1 atom stereocenters. The number of carbonyl (C=O) groups is 1. The molecule has 3 rings (SSSR count). The Hall–Kier alpha value is -2.92. The third-order valence-electron chi connectivity index (χ3n) is 4.76. The largest absolute Gasteiger partial charge is 0.389 e. The average Bonchev–Trinajstić information content (AvgIpc) is 3.10. The number of hydrogen-bond donors (Lipinski definition) is 1. The standard InChI is InChI=1S/C22H25N3O2/c1-16(26)18-6-4-7-19(14-18)20-8-5-9-21(15-20)22(27)24(3)12-13-25-11-10-23-17(25)2/h4-11,14-16,26H,12-13H2,1-3H3/t16-/m0/s1. The Morgan fingerprint density at radius 2 is 1.89 bits per heavy atom. The molecule has 5 heteroatoms. The van der Waals surface area contributed by atoms with Crippen molar-refractivity contribution in [1.82, 2.24) is 14.5 Å². The molecular formula is C22H25N3O2. The third kappa shape index (κ3) is 4.44. The van der Waals surface area contributed by atoms with Crippen LogP contribution in [0.2, 0.25) is 0 Å². The molecule has 1 aromatic heterocycles. The zero-order valence-corrected chi connectivity index (χ0v) is 16.0. The minimum absolute atomic E-state index is 0.0127. The molecule has 3 aromatic rings. The van der Waals surface area contributed by atoms with E-state index in [4.69, 9.17) is 0 Å². The first-order chi connectivity index (χ1) is 13.0. The number of amides is 1. The van der Waals surface area contributed by atoms with Crippen LogP contribution in [0.3, 0.4) is 0 Å². The molecule has 0 saturated heterocycles. The second-order valence-electron chi connectivity index (χ2n) is 6.78. The molecule has 2 aromatic carbocycles. The van der Waals surface area contributed by atoms with E-state index >= 15 is 0 Å². The Labute approximate surface area is 159 Å². The van der Waals surface area contributed by atoms with E-state index in [0.717, 1.165) is 22.5 Å². The molecular weight excluding hydrogens is 338 g/mol. The summed E-state index contributed by atoms with van der Waals surface area (Å²) < 4.78 is 2.03. The monoisotopic (exact) mass is 363 g/mol. The smallest absolute Gasteiger partial charge is 0.253 e. The zero-order chi connectivity index (χ0) is 19.4. The summed E-state index contributed by atoms with van der Waals surface area (Å²) in [5.74, 6) is 0.928. The second kappa shape index (κ2) is 8.18. The maximum absolute atomic E-state index is 12.8. The van der Waals surface area contributed by atoms with Crippen LogP contribution in [0.5, 0.6) is 0 Å². The maximum Gasteiger partial charge on any atom is 0.253 e. The fraction of sp³-hybridized carbons (Fsp3) is 0.273. The van der Waals surface area contributed by atoms with Crippen molar-refractivity contribution in [1.29, 1.82) is 0 Å². The quantitative estimate of drug-likeness (QED) is 0.727. The van der Waals surface area contributed by atoms with Crippen molar-refractivity contribution in [2.45, 2.75) is 26.5 Å². The van der Waals surface area contributed by atoms with E-state index in [-0.39, 0.29) is 5.91 Å². The fourth-order valence-corrected chi connectivity index (χ4v) is 3.03. The van der Waals surface area contributed by atoms with Crippen molar-refractivity contribution in [2.75, 3.05) is 13.6 Å². The van der Waals surface area contributed by atoms with Crippen LogP contribution in [0.25, 0.3) is 11.1 Å². The third-order valence-corrected chi connectivity index (χ3v) is 4.76. The zero-order valence-electron chi connectivity index (χ0n) is 16.0. The highest BCUT2D eigenvalue weighted by Crippen LogP contribution is 2.24. The summed E-state index contributed by atoms with van der Waals surface area (Å²) in [7, 11) is 1.81. The summed E-state index contributed by atoms with van der Waals surface area (Å²) in [4.78, 5) is 18.7. The minimum atomic E-state index is -0.521. The van der Waals surface area contributed by atoms with Crippen LogP contribution in [0.4, 0.5) is 0 Å². The van der Waals surface area contributed by atoms with E-state index in [9.17, 15) is 9.90 Å². The molecule has 140 valence electrons. The molecule has 0 aliphatic heterocycles. The number of carbonyl (C=O) groups excluding carboxylic acids is 1. The van der Waals surface area contributed by atoms with Crippen molar-refractivity contribution >= 4 is 5.91 Å². The van der Waals surface area contributed by atoms with Gasteiger partial charge in [-0.3, -0.25) is 4.79 Å². The molecule has 0 unspecified atom stereocenters. The molecule has 1 N–H and O–H groups in total. The maximum atomic E-state index is 12.8. The SMILES string of the molecule is Cc1nccn1CCN(C)C(=O)c1cccc(-c2cccc([C@H](C)O)c2)c1. The highest BCUT2D eigenvalue weighted by Gasteiger charge is 2.13. The topological polar surface area (TPSA) is 58.4 Å². The molecule has 0 saturated carbocycles. The van der Waals surface area contributed by atoms with Crippen LogP contribution in [0.1, 0.15) is 34.8 Å². The summed E-state index contributed by atoms with van der Waals surface area (Å²) >= 11 is 0. The Balaban J connectivity index is 1.75. The lowest BCUT2D eigenvalue weighted by atomic mass is 9.99. The van der Waals surface area contributed by atoms with E-state index in [1.165, 1.54) is 0 Å². The molecule has 1 amide bonds. The summed E-state index contributed by atoms with van der Waals surface area (Å²) in [6, 6.07) is 15.4. The summed E-state index contributed by atoms with van der Waals surface area (Å²) in [6.07, 6.45) is 3.17. The van der Waals surface area contributed by atoms with E-state index in [1.54, 1.807) is 18.0 Å². The van der Waals surface area contributed by atoms with E-state index < -0.39 is 6.10 Å². The number of aryl methyl sites for hydroxylation is 1. The molecule has 27 heavy (non-hydrogen) atoms. The number of likely N-dealkylation sites (N-methyl/N-ethyl adjacent to an activating group) is 1. The Kier molecular flexibility index (Phi) is 5.72. The van der Waals surface area contributed by atoms with Gasteiger partial charge < -0.3 is 14.6 Å². The predicted octanol–water partition coefficient (Wildman–Crippen LogP) is 3.68. The molecule has 0 spiro atoms. The second-order valence-corrected chi connectivity index (χ2v) is 6.78. The van der Waals surface area contributed by atoms with Gasteiger partial charge in [-0.05, 0) is 48.7 Å². The number of benzene rings is 2. The van der Waals surface area contributed by atoms with Crippen molar-refractivity contribution in [2.24, 2.45) is 0 Å². The number of aliphatic hydroxyl groups excluding tert-OH is 1. The molecule has 0 aliphatic rings. The number of nitrogens with zero attached hydrogens (tertiary/aromatic N) is 3. The van der Waals surface area contributed by atoms with Gasteiger partial charge in [-0.25, -0.2) is 4.98 Å². The number of aromatic nitrogens is 2. The summed E-state index contributed by atoms with van der Waals surface area (Å²) in [5, 5.41) is 9.80. The van der Waals surface area contributed by atoms with Gasteiger partial charge in [-0.15, -0.1) is 0 Å². The summed E-state index contributed by atoms with van der Waals surface area (Å²) in [6.45, 7) is 5.02. The van der Waals surface area contributed by atoms with Gasteiger partial charge >= 0.3 is 0 Å². The lowest BCUT2D eigenvalue weighted by Crippen LogP contribution is -2.30. The van der Waals surface area contributed by atoms with Gasteiger partial charge in [0.1, 0.15) is 5.82 Å². The van der Waals surface area contributed by atoms with Crippen LogP contribution in [0.15, 0.2) is 60.9 Å². The van der Waals surface area contributed by atoms with Crippen molar-refractivity contribution in [3.63, 3.8) is 0 Å². The Morgan fingerprint density at radius 3 is 2.56 bits per heavy atom. The van der Waals surface area contributed by atoms with Crippen molar-refractivity contribution in [3.05, 3.63) is 77.9 Å². The lowest BCUT2D eigenvalue weighted by molar-refractivity contribution is 0.0790. The number of imidazole rings is 1. The summed E-state index contributed by atoms with van der Waals surface area (Å²) in [5.41, 5.74) is 3.46. The molecule has 1 heterocycles. The minimum Gasteiger partial charge on any atom is -0.389 e.